The van der Waals surface area contributed by atoms with Gasteiger partial charge in [-0.3, -0.25) is 14.9 Å². The Kier molecular flexibility index (Phi) is 5.30. The van der Waals surface area contributed by atoms with E-state index in [-0.39, 0.29) is 5.69 Å². The normalized spacial score (nSPS) is 20.2. The molecule has 1 amide bonds. The van der Waals surface area contributed by atoms with E-state index in [2.05, 4.69) is 0 Å². The summed E-state index contributed by atoms with van der Waals surface area (Å²) in [6.07, 6.45) is -0.158. The summed E-state index contributed by atoms with van der Waals surface area (Å²) in [6.45, 7) is 5.56. The quantitative estimate of drug-likeness (QED) is 0.472. The molecule has 0 radical (unpaired) electrons. The van der Waals surface area contributed by atoms with Gasteiger partial charge >= 0.3 is 12.1 Å². The number of ether oxygens (including phenoxy) is 2. The van der Waals surface area contributed by atoms with Crippen molar-refractivity contribution < 1.29 is 24.0 Å². The fourth-order valence-electron chi connectivity index (χ4n) is 2.95. The topological polar surface area (TPSA) is 99.0 Å². The lowest BCUT2D eigenvalue weighted by molar-refractivity contribution is -0.385. The molecule has 0 spiro atoms. The zero-order chi connectivity index (χ0) is 18.8. The van der Waals surface area contributed by atoms with Gasteiger partial charge in [-0.25, -0.2) is 4.79 Å². The summed E-state index contributed by atoms with van der Waals surface area (Å²) in [4.78, 5) is 36.7. The Morgan fingerprint density at radius 1 is 1.32 bits per heavy atom. The molecule has 1 saturated heterocycles. The van der Waals surface area contributed by atoms with Crippen molar-refractivity contribution in [3.8, 4) is 0 Å². The average molecular weight is 350 g/mol. The molecule has 1 heterocycles. The van der Waals surface area contributed by atoms with Crippen LogP contribution in [0.3, 0.4) is 0 Å². The summed E-state index contributed by atoms with van der Waals surface area (Å²) in [6, 6.07) is 5.28. The second-order valence-corrected chi connectivity index (χ2v) is 6.89. The fourth-order valence-corrected chi connectivity index (χ4v) is 2.95. The van der Waals surface area contributed by atoms with E-state index >= 15 is 0 Å². The van der Waals surface area contributed by atoms with Crippen molar-refractivity contribution in [3.05, 3.63) is 39.9 Å². The molecule has 8 nitrogen and oxygen atoms in total. The summed E-state index contributed by atoms with van der Waals surface area (Å²) in [5.41, 5.74) is -0.279. The number of nitro groups is 1. The van der Waals surface area contributed by atoms with Crippen molar-refractivity contribution in [2.24, 2.45) is 5.92 Å². The number of hydrogen-bond donors (Lipinski definition) is 0. The molecule has 0 saturated carbocycles. The lowest BCUT2D eigenvalue weighted by atomic mass is 9.93. The van der Waals surface area contributed by atoms with Gasteiger partial charge in [0.2, 0.25) is 0 Å². The van der Waals surface area contributed by atoms with Gasteiger partial charge in [-0.2, -0.15) is 0 Å². The Hall–Kier alpha value is -2.64. The summed E-state index contributed by atoms with van der Waals surface area (Å²) in [5.74, 6) is -1.05. The number of esters is 1. The number of carbonyl (C=O) groups is 2. The number of hydrogen-bond acceptors (Lipinski definition) is 6. The standard InChI is InChI=1S/C17H22N2O6/c1-17(2,3)25-16(21)18-9-8-13(15(20)24-4)14(18)11-6-5-7-12(10-11)19(22)23/h5-7,10,13-14H,8-9H2,1-4H3. The molecule has 1 aromatic carbocycles. The zero-order valence-corrected chi connectivity index (χ0v) is 14.7. The van der Waals surface area contributed by atoms with E-state index in [9.17, 15) is 19.7 Å². The van der Waals surface area contributed by atoms with Crippen molar-refractivity contribution in [2.75, 3.05) is 13.7 Å². The average Bonchev–Trinajstić information content (AvgIpc) is 2.97. The SMILES string of the molecule is COC(=O)C1CCN(C(=O)OC(C)(C)C)C1c1cccc([N+](=O)[O-])c1. The Morgan fingerprint density at radius 2 is 2.00 bits per heavy atom. The van der Waals surface area contributed by atoms with Crippen LogP contribution in [0.2, 0.25) is 0 Å². The van der Waals surface area contributed by atoms with E-state index in [1.165, 1.54) is 30.2 Å². The predicted molar refractivity (Wildman–Crippen MR) is 88.9 cm³/mol. The van der Waals surface area contributed by atoms with Crippen LogP contribution in [0.4, 0.5) is 10.5 Å². The number of non-ortho nitro benzene ring substituents is 1. The highest BCUT2D eigenvalue weighted by Crippen LogP contribution is 2.39. The highest BCUT2D eigenvalue weighted by atomic mass is 16.6. The van der Waals surface area contributed by atoms with Gasteiger partial charge in [-0.1, -0.05) is 12.1 Å². The molecule has 2 rings (SSSR count). The molecule has 1 aliphatic rings. The largest absolute Gasteiger partial charge is 0.469 e. The minimum Gasteiger partial charge on any atom is -0.469 e. The van der Waals surface area contributed by atoms with Crippen LogP contribution < -0.4 is 0 Å². The van der Waals surface area contributed by atoms with Crippen LogP contribution >= 0.6 is 0 Å². The van der Waals surface area contributed by atoms with Crippen LogP contribution in [-0.4, -0.2) is 41.1 Å². The van der Waals surface area contributed by atoms with Crippen molar-refractivity contribution >= 4 is 17.7 Å². The van der Waals surface area contributed by atoms with Crippen molar-refractivity contribution in [1.29, 1.82) is 0 Å². The number of methoxy groups -OCH3 is 1. The fraction of sp³-hybridized carbons (Fsp3) is 0.529. The van der Waals surface area contributed by atoms with Gasteiger partial charge in [0.1, 0.15) is 5.60 Å². The number of nitrogens with zero attached hydrogens (tertiary/aromatic N) is 2. The zero-order valence-electron chi connectivity index (χ0n) is 14.7. The molecule has 0 N–H and O–H groups in total. The maximum absolute atomic E-state index is 12.5. The molecule has 8 heteroatoms. The van der Waals surface area contributed by atoms with E-state index in [4.69, 9.17) is 9.47 Å². The molecule has 1 aromatic rings. The molecule has 2 unspecified atom stereocenters. The first-order valence-electron chi connectivity index (χ1n) is 7.96. The van der Waals surface area contributed by atoms with Crippen molar-refractivity contribution in [1.82, 2.24) is 4.90 Å². The first kappa shape index (κ1) is 18.7. The molecule has 1 fully saturated rings. The molecule has 1 aliphatic heterocycles. The molecular weight excluding hydrogens is 328 g/mol. The van der Waals surface area contributed by atoms with Crippen LogP contribution in [0.25, 0.3) is 0 Å². The Bertz CT molecular complexity index is 682. The summed E-state index contributed by atoms with van der Waals surface area (Å²) < 4.78 is 10.3. The number of likely N-dealkylation sites (tertiary alicyclic amines) is 1. The number of amides is 1. The monoisotopic (exact) mass is 350 g/mol. The molecule has 0 aliphatic carbocycles. The van der Waals surface area contributed by atoms with Gasteiger partial charge < -0.3 is 14.4 Å². The van der Waals surface area contributed by atoms with E-state index in [0.29, 0.717) is 18.5 Å². The van der Waals surface area contributed by atoms with Gasteiger partial charge in [0.05, 0.1) is 24.0 Å². The molecule has 0 aromatic heterocycles. The van der Waals surface area contributed by atoms with E-state index < -0.39 is 34.5 Å². The van der Waals surface area contributed by atoms with Crippen molar-refractivity contribution in [3.63, 3.8) is 0 Å². The second kappa shape index (κ2) is 7.08. The highest BCUT2D eigenvalue weighted by Gasteiger charge is 2.44. The molecule has 0 bridgehead atoms. The first-order chi connectivity index (χ1) is 11.6. The van der Waals surface area contributed by atoms with Crippen LogP contribution in [0.15, 0.2) is 24.3 Å². The third-order valence-corrected chi connectivity index (χ3v) is 3.95. The van der Waals surface area contributed by atoms with Crippen LogP contribution in [-0.2, 0) is 14.3 Å². The second-order valence-electron chi connectivity index (χ2n) is 6.89. The van der Waals surface area contributed by atoms with Crippen LogP contribution in [0.5, 0.6) is 0 Å². The minimum atomic E-state index is -0.687. The number of nitro benzene ring substituents is 1. The van der Waals surface area contributed by atoms with Gasteiger partial charge in [0.25, 0.3) is 5.69 Å². The maximum Gasteiger partial charge on any atom is 0.410 e. The summed E-state index contributed by atoms with van der Waals surface area (Å²) >= 11 is 0. The van der Waals surface area contributed by atoms with Gasteiger partial charge in [0.15, 0.2) is 0 Å². The lowest BCUT2D eigenvalue weighted by Crippen LogP contribution is -2.38. The number of carbonyl (C=O) groups excluding carboxylic acids is 2. The first-order valence-corrected chi connectivity index (χ1v) is 7.96. The van der Waals surface area contributed by atoms with Gasteiger partial charge in [-0.15, -0.1) is 0 Å². The Labute approximate surface area is 145 Å². The molecule has 2 atom stereocenters. The summed E-state index contributed by atoms with van der Waals surface area (Å²) in [7, 11) is 1.28. The molecular formula is C17H22N2O6. The number of rotatable bonds is 3. The highest BCUT2D eigenvalue weighted by molar-refractivity contribution is 5.77. The molecule has 136 valence electrons. The van der Waals surface area contributed by atoms with Crippen LogP contribution in [0.1, 0.15) is 38.8 Å². The molecule has 25 heavy (non-hydrogen) atoms. The Morgan fingerprint density at radius 3 is 2.56 bits per heavy atom. The van der Waals surface area contributed by atoms with E-state index in [0.717, 1.165) is 0 Å². The van der Waals surface area contributed by atoms with E-state index in [1.807, 2.05) is 0 Å². The minimum absolute atomic E-state index is 0.0999. The van der Waals surface area contributed by atoms with Crippen molar-refractivity contribution in [2.45, 2.75) is 38.8 Å². The number of benzene rings is 1. The van der Waals surface area contributed by atoms with Gasteiger partial charge in [-0.05, 0) is 32.8 Å². The smallest absolute Gasteiger partial charge is 0.410 e. The van der Waals surface area contributed by atoms with Crippen LogP contribution in [0, 0.1) is 16.0 Å². The Balaban J connectivity index is 2.40. The lowest BCUT2D eigenvalue weighted by Gasteiger charge is -2.30. The maximum atomic E-state index is 12.5. The van der Waals surface area contributed by atoms with Gasteiger partial charge in [0, 0.05) is 18.7 Å². The predicted octanol–water partition coefficient (Wildman–Crippen LogP) is 3.07. The van der Waals surface area contributed by atoms with E-state index in [1.54, 1.807) is 26.8 Å². The third kappa shape index (κ3) is 4.26. The third-order valence-electron chi connectivity index (χ3n) is 3.95. The summed E-state index contributed by atoms with van der Waals surface area (Å²) in [5, 5.41) is 11.1.